The van der Waals surface area contributed by atoms with E-state index in [0.717, 1.165) is 18.5 Å². The summed E-state index contributed by atoms with van der Waals surface area (Å²) in [5, 5.41) is 7.29. The number of hydrogen-bond donors (Lipinski definition) is 2. The minimum Gasteiger partial charge on any atom is -0.382 e. The van der Waals surface area contributed by atoms with E-state index in [4.69, 9.17) is 10.5 Å². The van der Waals surface area contributed by atoms with Crippen LogP contribution in [0.1, 0.15) is 38.5 Å². The van der Waals surface area contributed by atoms with Gasteiger partial charge in [0.05, 0.1) is 30.1 Å². The standard InChI is InChI=1S/C15H24N4O2/c16-7-8-17-12-9-14(20)19(18-10-12)11-13-3-6-15(21-13)4-1-2-5-15/h9-10,13,17H,1-8,11,16H2. The Morgan fingerprint density at radius 1 is 1.43 bits per heavy atom. The summed E-state index contributed by atoms with van der Waals surface area (Å²) in [4.78, 5) is 12.1. The Balaban J connectivity index is 1.61. The maximum Gasteiger partial charge on any atom is 0.268 e. The van der Waals surface area contributed by atoms with Crippen molar-refractivity contribution in [2.45, 2.75) is 56.8 Å². The number of anilines is 1. The molecule has 1 aromatic rings. The topological polar surface area (TPSA) is 82.2 Å². The van der Waals surface area contributed by atoms with E-state index in [1.807, 2.05) is 0 Å². The zero-order valence-corrected chi connectivity index (χ0v) is 12.4. The van der Waals surface area contributed by atoms with Gasteiger partial charge < -0.3 is 15.8 Å². The molecule has 1 aliphatic heterocycles. The van der Waals surface area contributed by atoms with Crippen molar-refractivity contribution in [3.63, 3.8) is 0 Å². The van der Waals surface area contributed by atoms with E-state index >= 15 is 0 Å². The van der Waals surface area contributed by atoms with Gasteiger partial charge in [-0.15, -0.1) is 0 Å². The van der Waals surface area contributed by atoms with Crippen molar-refractivity contribution < 1.29 is 4.74 Å². The smallest absolute Gasteiger partial charge is 0.268 e. The lowest BCUT2D eigenvalue weighted by Gasteiger charge is -2.23. The van der Waals surface area contributed by atoms with E-state index in [-0.39, 0.29) is 17.3 Å². The predicted molar refractivity (Wildman–Crippen MR) is 81.3 cm³/mol. The lowest BCUT2D eigenvalue weighted by Crippen LogP contribution is -2.31. The van der Waals surface area contributed by atoms with Crippen molar-refractivity contribution in [2.75, 3.05) is 18.4 Å². The average molecular weight is 292 g/mol. The summed E-state index contributed by atoms with van der Waals surface area (Å²) in [6, 6.07) is 1.57. The Bertz CT molecular complexity index is 537. The van der Waals surface area contributed by atoms with E-state index in [1.54, 1.807) is 12.3 Å². The average Bonchev–Trinajstić information content (AvgIpc) is 3.10. The predicted octanol–water partition coefficient (Wildman–Crippen LogP) is 1.11. The minimum atomic E-state index is -0.0898. The molecular formula is C15H24N4O2. The monoisotopic (exact) mass is 292 g/mol. The molecule has 2 heterocycles. The summed E-state index contributed by atoms with van der Waals surface area (Å²) in [7, 11) is 0. The first kappa shape index (κ1) is 14.5. The van der Waals surface area contributed by atoms with Crippen LogP contribution in [0, 0.1) is 0 Å². The molecule has 6 nitrogen and oxygen atoms in total. The van der Waals surface area contributed by atoms with E-state index in [9.17, 15) is 4.79 Å². The molecule has 1 aromatic heterocycles. The van der Waals surface area contributed by atoms with Crippen LogP contribution in [0.4, 0.5) is 5.69 Å². The molecule has 116 valence electrons. The van der Waals surface area contributed by atoms with Crippen LogP contribution in [0.25, 0.3) is 0 Å². The van der Waals surface area contributed by atoms with Crippen LogP contribution in [0.2, 0.25) is 0 Å². The molecule has 0 amide bonds. The fraction of sp³-hybridized carbons (Fsp3) is 0.733. The lowest BCUT2D eigenvalue weighted by molar-refractivity contribution is -0.0433. The van der Waals surface area contributed by atoms with Crippen molar-refractivity contribution >= 4 is 5.69 Å². The summed E-state index contributed by atoms with van der Waals surface area (Å²) in [6.07, 6.45) is 8.85. The molecule has 1 aliphatic carbocycles. The van der Waals surface area contributed by atoms with Crippen molar-refractivity contribution in [1.82, 2.24) is 9.78 Å². The largest absolute Gasteiger partial charge is 0.382 e. The minimum absolute atomic E-state index is 0.0898. The second-order valence-corrected chi connectivity index (χ2v) is 6.15. The van der Waals surface area contributed by atoms with Gasteiger partial charge in [0.1, 0.15) is 0 Å². The molecule has 3 rings (SSSR count). The van der Waals surface area contributed by atoms with E-state index in [1.165, 1.54) is 30.4 Å². The summed E-state index contributed by atoms with van der Waals surface area (Å²) < 4.78 is 7.74. The van der Waals surface area contributed by atoms with Gasteiger partial charge in [0.15, 0.2) is 0 Å². The van der Waals surface area contributed by atoms with Crippen molar-refractivity contribution in [3.05, 3.63) is 22.6 Å². The molecule has 6 heteroatoms. The third kappa shape index (κ3) is 3.27. The van der Waals surface area contributed by atoms with E-state index in [2.05, 4.69) is 10.4 Å². The van der Waals surface area contributed by atoms with Crippen LogP contribution >= 0.6 is 0 Å². The van der Waals surface area contributed by atoms with Crippen LogP contribution in [-0.4, -0.2) is 34.6 Å². The van der Waals surface area contributed by atoms with Gasteiger partial charge in [-0.05, 0) is 25.7 Å². The molecule has 2 fully saturated rings. The molecule has 2 aliphatic rings. The third-order valence-electron chi connectivity index (χ3n) is 4.57. The molecule has 0 radical (unpaired) electrons. The van der Waals surface area contributed by atoms with Gasteiger partial charge in [0, 0.05) is 19.2 Å². The SMILES string of the molecule is NCCNc1cnn(CC2CCC3(CCCC3)O2)c(=O)c1. The van der Waals surface area contributed by atoms with Gasteiger partial charge in [-0.1, -0.05) is 12.8 Å². The van der Waals surface area contributed by atoms with Gasteiger partial charge in [-0.25, -0.2) is 4.68 Å². The van der Waals surface area contributed by atoms with Crippen molar-refractivity contribution in [1.29, 1.82) is 0 Å². The van der Waals surface area contributed by atoms with Crippen molar-refractivity contribution in [2.24, 2.45) is 5.73 Å². The highest BCUT2D eigenvalue weighted by molar-refractivity contribution is 5.38. The summed E-state index contributed by atoms with van der Waals surface area (Å²) >= 11 is 0. The molecule has 3 N–H and O–H groups in total. The normalized spacial score (nSPS) is 23.8. The van der Waals surface area contributed by atoms with Gasteiger partial charge >= 0.3 is 0 Å². The Kier molecular flexibility index (Phi) is 4.26. The summed E-state index contributed by atoms with van der Waals surface area (Å²) in [5.41, 5.74) is 6.17. The zero-order valence-electron chi connectivity index (χ0n) is 12.4. The number of ether oxygens (including phenoxy) is 1. The Hall–Kier alpha value is -1.40. The molecule has 1 saturated heterocycles. The molecule has 1 spiro atoms. The summed E-state index contributed by atoms with van der Waals surface area (Å²) in [5.74, 6) is 0. The first-order valence-corrected chi connectivity index (χ1v) is 7.90. The van der Waals surface area contributed by atoms with E-state index in [0.29, 0.717) is 19.6 Å². The number of hydrogen-bond acceptors (Lipinski definition) is 5. The number of nitrogens with one attached hydrogen (secondary N) is 1. The highest BCUT2D eigenvalue weighted by Gasteiger charge is 2.42. The number of nitrogens with zero attached hydrogens (tertiary/aromatic N) is 2. The molecule has 1 atom stereocenters. The molecular weight excluding hydrogens is 268 g/mol. The van der Waals surface area contributed by atoms with Gasteiger partial charge in [0.25, 0.3) is 5.56 Å². The van der Waals surface area contributed by atoms with Crippen LogP contribution in [-0.2, 0) is 11.3 Å². The van der Waals surface area contributed by atoms with Gasteiger partial charge in [0.2, 0.25) is 0 Å². The summed E-state index contributed by atoms with van der Waals surface area (Å²) in [6.45, 7) is 1.72. The third-order valence-corrected chi connectivity index (χ3v) is 4.57. The molecule has 0 aromatic carbocycles. The molecule has 1 saturated carbocycles. The number of rotatable bonds is 5. The Labute approximate surface area is 124 Å². The maximum atomic E-state index is 12.1. The highest BCUT2D eigenvalue weighted by atomic mass is 16.5. The fourth-order valence-corrected chi connectivity index (χ4v) is 3.49. The van der Waals surface area contributed by atoms with Crippen molar-refractivity contribution in [3.8, 4) is 0 Å². The van der Waals surface area contributed by atoms with Crippen LogP contribution in [0.3, 0.4) is 0 Å². The Morgan fingerprint density at radius 2 is 2.24 bits per heavy atom. The molecule has 0 bridgehead atoms. The molecule has 21 heavy (non-hydrogen) atoms. The highest BCUT2D eigenvalue weighted by Crippen LogP contribution is 2.43. The second-order valence-electron chi connectivity index (χ2n) is 6.15. The first-order chi connectivity index (χ1) is 10.2. The first-order valence-electron chi connectivity index (χ1n) is 7.90. The molecule has 1 unspecified atom stereocenters. The zero-order chi connectivity index (χ0) is 14.7. The second kappa shape index (κ2) is 6.15. The fourth-order valence-electron chi connectivity index (χ4n) is 3.49. The number of aromatic nitrogens is 2. The Morgan fingerprint density at radius 3 is 2.95 bits per heavy atom. The van der Waals surface area contributed by atoms with Gasteiger partial charge in [-0.3, -0.25) is 4.79 Å². The van der Waals surface area contributed by atoms with Crippen LogP contribution in [0.15, 0.2) is 17.1 Å². The lowest BCUT2D eigenvalue weighted by atomic mass is 9.98. The van der Waals surface area contributed by atoms with Crippen LogP contribution in [0.5, 0.6) is 0 Å². The maximum absolute atomic E-state index is 12.1. The van der Waals surface area contributed by atoms with Gasteiger partial charge in [-0.2, -0.15) is 5.10 Å². The van der Waals surface area contributed by atoms with E-state index < -0.39 is 0 Å². The number of nitrogens with two attached hydrogens (primary N) is 1. The van der Waals surface area contributed by atoms with Crippen LogP contribution < -0.4 is 16.6 Å². The quantitative estimate of drug-likeness (QED) is 0.849.